The Labute approximate surface area is 189 Å². The Morgan fingerprint density at radius 2 is 1.81 bits per heavy atom. The second-order valence-electron chi connectivity index (χ2n) is 9.58. The van der Waals surface area contributed by atoms with Crippen LogP contribution in [0.1, 0.15) is 90.8 Å². The van der Waals surface area contributed by atoms with E-state index >= 15 is 0 Å². The molecule has 0 unspecified atom stereocenters. The molecular formula is C24H39N5O3. The summed E-state index contributed by atoms with van der Waals surface area (Å²) in [6.07, 6.45) is 10.8. The van der Waals surface area contributed by atoms with Crippen LogP contribution in [0, 0.1) is 5.92 Å². The van der Waals surface area contributed by atoms with Crippen molar-refractivity contribution in [1.29, 1.82) is 0 Å². The van der Waals surface area contributed by atoms with E-state index in [9.17, 15) is 14.4 Å². The fourth-order valence-electron chi connectivity index (χ4n) is 4.62. The molecule has 1 aliphatic rings. The zero-order valence-corrected chi connectivity index (χ0v) is 19.9. The smallest absolute Gasteiger partial charge is 0.330 e. The summed E-state index contributed by atoms with van der Waals surface area (Å²) in [5.74, 6) is 1.03. The van der Waals surface area contributed by atoms with Crippen LogP contribution >= 0.6 is 0 Å². The van der Waals surface area contributed by atoms with E-state index in [2.05, 4.69) is 31.1 Å². The van der Waals surface area contributed by atoms with E-state index in [0.717, 1.165) is 25.7 Å². The van der Waals surface area contributed by atoms with Gasteiger partial charge in [0.25, 0.3) is 5.56 Å². The van der Waals surface area contributed by atoms with Gasteiger partial charge >= 0.3 is 5.69 Å². The van der Waals surface area contributed by atoms with Crippen molar-refractivity contribution >= 4 is 17.1 Å². The molecule has 8 nitrogen and oxygen atoms in total. The number of nitrogens with zero attached hydrogens (tertiary/aromatic N) is 3. The SMILES string of the molecule is CCCCn1c(=O)[nH]c(=O)c2c1nc(CCC(=O)NC1CCCCCCC1)n2CC(C)C. The van der Waals surface area contributed by atoms with Crippen molar-refractivity contribution < 1.29 is 4.79 Å². The molecule has 2 aromatic heterocycles. The van der Waals surface area contributed by atoms with Gasteiger partial charge in [0.05, 0.1) is 0 Å². The third-order valence-electron chi connectivity index (χ3n) is 6.29. The van der Waals surface area contributed by atoms with E-state index in [1.165, 1.54) is 32.1 Å². The second kappa shape index (κ2) is 11.5. The number of hydrogen-bond acceptors (Lipinski definition) is 4. The van der Waals surface area contributed by atoms with Gasteiger partial charge in [0.15, 0.2) is 11.2 Å². The standard InChI is InChI=1S/C24H39N5O3/c1-4-5-15-28-22-21(23(31)27-24(28)32)29(16-17(2)3)19(26-22)13-14-20(30)25-18-11-9-7-6-8-10-12-18/h17-18H,4-16H2,1-3H3,(H,25,30)(H,27,31,32). The molecule has 0 atom stereocenters. The third-order valence-corrected chi connectivity index (χ3v) is 6.29. The topological polar surface area (TPSA) is 102 Å². The molecule has 0 saturated heterocycles. The van der Waals surface area contributed by atoms with Crippen LogP contribution in [0.15, 0.2) is 9.59 Å². The van der Waals surface area contributed by atoms with Crippen molar-refractivity contribution in [2.75, 3.05) is 0 Å². The van der Waals surface area contributed by atoms with Crippen LogP contribution in [0.4, 0.5) is 0 Å². The maximum absolute atomic E-state index is 12.7. The average Bonchev–Trinajstić information content (AvgIpc) is 3.06. The van der Waals surface area contributed by atoms with Crippen LogP contribution in [0.5, 0.6) is 0 Å². The van der Waals surface area contributed by atoms with Gasteiger partial charge < -0.3 is 9.88 Å². The van der Waals surface area contributed by atoms with Gasteiger partial charge in [-0.3, -0.25) is 19.1 Å². The number of imidazole rings is 1. The summed E-state index contributed by atoms with van der Waals surface area (Å²) in [7, 11) is 0. The number of carbonyl (C=O) groups excluding carboxylic acids is 1. The highest BCUT2D eigenvalue weighted by Gasteiger charge is 2.20. The van der Waals surface area contributed by atoms with Gasteiger partial charge in [-0.2, -0.15) is 0 Å². The summed E-state index contributed by atoms with van der Waals surface area (Å²) in [5.41, 5.74) is 0.0444. The molecule has 32 heavy (non-hydrogen) atoms. The summed E-state index contributed by atoms with van der Waals surface area (Å²) < 4.78 is 3.47. The Balaban J connectivity index is 1.83. The fourth-order valence-corrected chi connectivity index (χ4v) is 4.62. The number of aryl methyl sites for hydroxylation is 2. The Bertz CT molecular complexity index is 1010. The monoisotopic (exact) mass is 445 g/mol. The van der Waals surface area contributed by atoms with Crippen LogP contribution in [-0.2, 0) is 24.3 Å². The number of amides is 1. The number of hydrogen-bond donors (Lipinski definition) is 2. The molecule has 2 heterocycles. The van der Waals surface area contributed by atoms with Crippen LogP contribution in [0.3, 0.4) is 0 Å². The highest BCUT2D eigenvalue weighted by Crippen LogP contribution is 2.18. The van der Waals surface area contributed by atoms with Gasteiger partial charge in [0.1, 0.15) is 5.82 Å². The normalized spacial score (nSPS) is 15.8. The van der Waals surface area contributed by atoms with E-state index in [0.29, 0.717) is 48.8 Å². The molecule has 178 valence electrons. The van der Waals surface area contributed by atoms with Crippen LogP contribution < -0.4 is 16.6 Å². The summed E-state index contributed by atoms with van der Waals surface area (Å²) in [4.78, 5) is 45.0. The molecule has 0 bridgehead atoms. The molecule has 1 amide bonds. The highest BCUT2D eigenvalue weighted by molar-refractivity contribution is 5.77. The summed E-state index contributed by atoms with van der Waals surface area (Å²) >= 11 is 0. The van der Waals surface area contributed by atoms with Crippen molar-refractivity contribution in [3.8, 4) is 0 Å². The Kier molecular flexibility index (Phi) is 8.70. The number of H-pyrrole nitrogens is 1. The molecule has 2 aromatic rings. The van der Waals surface area contributed by atoms with Crippen molar-refractivity contribution in [2.24, 2.45) is 5.92 Å². The number of rotatable bonds is 9. The van der Waals surface area contributed by atoms with Gasteiger partial charge in [-0.25, -0.2) is 9.78 Å². The Hall–Kier alpha value is -2.38. The molecular weight excluding hydrogens is 406 g/mol. The average molecular weight is 446 g/mol. The predicted molar refractivity (Wildman–Crippen MR) is 127 cm³/mol. The quantitative estimate of drug-likeness (QED) is 0.617. The summed E-state index contributed by atoms with van der Waals surface area (Å²) in [5, 5.41) is 3.21. The minimum Gasteiger partial charge on any atom is -0.353 e. The largest absolute Gasteiger partial charge is 0.353 e. The lowest BCUT2D eigenvalue weighted by Gasteiger charge is -2.21. The van der Waals surface area contributed by atoms with Gasteiger partial charge in [-0.1, -0.05) is 59.3 Å². The van der Waals surface area contributed by atoms with Crippen molar-refractivity contribution in [2.45, 2.75) is 111 Å². The van der Waals surface area contributed by atoms with Crippen LogP contribution in [0.25, 0.3) is 11.2 Å². The number of nitrogens with one attached hydrogen (secondary N) is 2. The molecule has 2 N–H and O–H groups in total. The molecule has 3 rings (SSSR count). The zero-order chi connectivity index (χ0) is 23.1. The zero-order valence-electron chi connectivity index (χ0n) is 19.9. The number of carbonyl (C=O) groups is 1. The Morgan fingerprint density at radius 3 is 2.47 bits per heavy atom. The lowest BCUT2D eigenvalue weighted by atomic mass is 9.96. The van der Waals surface area contributed by atoms with Crippen molar-refractivity contribution in [3.05, 3.63) is 26.7 Å². The molecule has 0 spiro atoms. The van der Waals surface area contributed by atoms with Gasteiger partial charge in [-0.15, -0.1) is 0 Å². The lowest BCUT2D eigenvalue weighted by Crippen LogP contribution is -2.35. The van der Waals surface area contributed by atoms with E-state index in [-0.39, 0.29) is 11.9 Å². The van der Waals surface area contributed by atoms with E-state index in [4.69, 9.17) is 4.98 Å². The molecule has 0 radical (unpaired) electrons. The minimum absolute atomic E-state index is 0.0380. The molecule has 8 heteroatoms. The summed E-state index contributed by atoms with van der Waals surface area (Å²) in [6, 6.07) is 0.263. The second-order valence-corrected chi connectivity index (χ2v) is 9.58. The minimum atomic E-state index is -0.418. The maximum atomic E-state index is 12.7. The molecule has 0 aliphatic heterocycles. The fraction of sp³-hybridized carbons (Fsp3) is 0.750. The van der Waals surface area contributed by atoms with Crippen molar-refractivity contribution in [3.63, 3.8) is 0 Å². The van der Waals surface area contributed by atoms with E-state index < -0.39 is 11.2 Å². The van der Waals surface area contributed by atoms with Gasteiger partial charge in [0.2, 0.25) is 5.91 Å². The summed E-state index contributed by atoms with van der Waals surface area (Å²) in [6.45, 7) is 7.36. The molecule has 0 aromatic carbocycles. The number of aromatic nitrogens is 4. The number of unbranched alkanes of at least 4 members (excludes halogenated alkanes) is 1. The van der Waals surface area contributed by atoms with Gasteiger partial charge in [-0.05, 0) is 25.2 Å². The van der Waals surface area contributed by atoms with Crippen molar-refractivity contribution in [1.82, 2.24) is 24.4 Å². The number of fused-ring (bicyclic) bond motifs is 1. The third kappa shape index (κ3) is 6.11. The first-order chi connectivity index (χ1) is 15.4. The van der Waals surface area contributed by atoms with Crippen LogP contribution in [-0.4, -0.2) is 31.1 Å². The lowest BCUT2D eigenvalue weighted by molar-refractivity contribution is -0.121. The Morgan fingerprint density at radius 1 is 1.12 bits per heavy atom. The van der Waals surface area contributed by atoms with Gasteiger partial charge in [0, 0.05) is 32.0 Å². The molecule has 1 aliphatic carbocycles. The first kappa shape index (κ1) is 24.3. The first-order valence-corrected chi connectivity index (χ1v) is 12.4. The van der Waals surface area contributed by atoms with E-state index in [1.54, 1.807) is 4.57 Å². The predicted octanol–water partition coefficient (Wildman–Crippen LogP) is 3.50. The van der Waals surface area contributed by atoms with E-state index in [1.807, 2.05) is 4.57 Å². The molecule has 1 fully saturated rings. The molecule has 1 saturated carbocycles. The number of aromatic amines is 1. The maximum Gasteiger partial charge on any atom is 0.330 e. The van der Waals surface area contributed by atoms with Crippen LogP contribution in [0.2, 0.25) is 0 Å². The highest BCUT2D eigenvalue weighted by atomic mass is 16.2. The first-order valence-electron chi connectivity index (χ1n) is 12.4.